The lowest BCUT2D eigenvalue weighted by atomic mass is 9.96. The minimum absolute atomic E-state index is 0.0574. The van der Waals surface area contributed by atoms with Gasteiger partial charge in [0.05, 0.1) is 13.2 Å². The molecule has 104 valence electrons. The maximum Gasteiger partial charge on any atom is 0.320 e. The molecule has 1 aliphatic rings. The first-order valence-electron chi connectivity index (χ1n) is 6.61. The first-order chi connectivity index (χ1) is 8.95. The second-order valence-corrected chi connectivity index (χ2v) is 5.45. The van der Waals surface area contributed by atoms with Gasteiger partial charge in [0.25, 0.3) is 0 Å². The van der Waals surface area contributed by atoms with Gasteiger partial charge >= 0.3 is 6.03 Å². The highest BCUT2D eigenvalue weighted by Crippen LogP contribution is 2.35. The molecular weight excluding hydrogens is 240 g/mol. The molecule has 4 heteroatoms. The third-order valence-corrected chi connectivity index (χ3v) is 3.82. The first kappa shape index (κ1) is 13.7. The number of hydrogen-bond donors (Lipinski definition) is 0. The van der Waals surface area contributed by atoms with Gasteiger partial charge in [0, 0.05) is 26.2 Å². The second kappa shape index (κ2) is 5.11. The van der Waals surface area contributed by atoms with Crippen LogP contribution in [0.2, 0.25) is 0 Å². The fraction of sp³-hybridized carbons (Fsp3) is 0.533. The molecule has 0 aliphatic carbocycles. The zero-order chi connectivity index (χ0) is 14.2. The third kappa shape index (κ3) is 2.39. The van der Waals surface area contributed by atoms with Crippen LogP contribution in [0.25, 0.3) is 0 Å². The summed E-state index contributed by atoms with van der Waals surface area (Å²) in [6, 6.07) is 6.37. The van der Waals surface area contributed by atoms with Gasteiger partial charge in [-0.15, -0.1) is 0 Å². The van der Waals surface area contributed by atoms with Crippen LogP contribution < -0.4 is 4.74 Å². The third-order valence-electron chi connectivity index (χ3n) is 3.82. The van der Waals surface area contributed by atoms with E-state index < -0.39 is 0 Å². The van der Waals surface area contributed by atoms with Gasteiger partial charge in [0.15, 0.2) is 0 Å². The lowest BCUT2D eigenvalue weighted by Gasteiger charge is -2.22. The number of carbonyl (C=O) groups excluding carboxylic acids is 1. The highest BCUT2D eigenvalue weighted by molar-refractivity contribution is 5.77. The summed E-state index contributed by atoms with van der Waals surface area (Å²) in [6.45, 7) is 5.04. The van der Waals surface area contributed by atoms with Gasteiger partial charge < -0.3 is 14.5 Å². The molecule has 1 saturated heterocycles. The Kier molecular flexibility index (Phi) is 3.69. The smallest absolute Gasteiger partial charge is 0.320 e. The molecule has 0 saturated carbocycles. The van der Waals surface area contributed by atoms with E-state index in [1.54, 1.807) is 16.9 Å². The van der Waals surface area contributed by atoms with E-state index in [-0.39, 0.29) is 12.1 Å². The molecule has 1 fully saturated rings. The van der Waals surface area contributed by atoms with Gasteiger partial charge in [-0.25, -0.2) is 4.79 Å². The fourth-order valence-corrected chi connectivity index (χ4v) is 2.54. The first-order valence-corrected chi connectivity index (χ1v) is 6.61. The molecule has 2 amide bonds. The topological polar surface area (TPSA) is 32.8 Å². The number of likely N-dealkylation sites (N-methyl/N-ethyl adjacent to an activating group) is 2. The Morgan fingerprint density at radius 3 is 2.47 bits per heavy atom. The van der Waals surface area contributed by atoms with Crippen LogP contribution in [0.5, 0.6) is 5.75 Å². The van der Waals surface area contributed by atoms with Crippen LogP contribution in [-0.4, -0.2) is 43.6 Å². The van der Waals surface area contributed by atoms with Crippen molar-refractivity contribution in [2.45, 2.75) is 25.8 Å². The van der Waals surface area contributed by atoms with Crippen molar-refractivity contribution in [3.8, 4) is 5.75 Å². The fourth-order valence-electron chi connectivity index (χ4n) is 2.54. The normalized spacial score (nSPS) is 19.5. The highest BCUT2D eigenvalue weighted by Gasteiger charge is 2.34. The van der Waals surface area contributed by atoms with Crippen LogP contribution in [0.4, 0.5) is 4.79 Å². The second-order valence-electron chi connectivity index (χ2n) is 5.45. The number of methoxy groups -OCH3 is 1. The molecule has 1 unspecified atom stereocenters. The van der Waals surface area contributed by atoms with Crippen molar-refractivity contribution in [2.75, 3.05) is 27.7 Å². The molecule has 0 spiro atoms. The Balaban J connectivity index is 2.43. The molecule has 1 aliphatic heterocycles. The number of hydrogen-bond acceptors (Lipinski definition) is 2. The Hall–Kier alpha value is -1.71. The van der Waals surface area contributed by atoms with Crippen LogP contribution >= 0.6 is 0 Å². The minimum atomic E-state index is 0.0574. The average molecular weight is 262 g/mol. The standard InChI is InChI=1S/C15H22N2O2/c1-10(2)11-6-7-14(19-5)12(8-11)13-9-16(3)15(18)17(13)4/h6-8,10,13H,9H2,1-5H3. The molecule has 0 aromatic heterocycles. The molecule has 4 nitrogen and oxygen atoms in total. The van der Waals surface area contributed by atoms with Crippen molar-refractivity contribution in [3.05, 3.63) is 29.3 Å². The Bertz CT molecular complexity index is 485. The summed E-state index contributed by atoms with van der Waals surface area (Å²) in [5, 5.41) is 0. The molecule has 1 aromatic rings. The van der Waals surface area contributed by atoms with Crippen LogP contribution in [0.15, 0.2) is 18.2 Å². The van der Waals surface area contributed by atoms with E-state index in [0.717, 1.165) is 11.3 Å². The van der Waals surface area contributed by atoms with E-state index in [1.807, 2.05) is 20.2 Å². The molecule has 1 aromatic carbocycles. The van der Waals surface area contributed by atoms with Gasteiger partial charge in [-0.1, -0.05) is 19.9 Å². The molecule has 2 rings (SSSR count). The number of amides is 2. The quantitative estimate of drug-likeness (QED) is 0.839. The molecule has 1 atom stereocenters. The molecule has 0 bridgehead atoms. The molecule has 0 N–H and O–H groups in total. The predicted octanol–water partition coefficient (Wildman–Crippen LogP) is 2.86. The average Bonchev–Trinajstić information content (AvgIpc) is 2.65. The van der Waals surface area contributed by atoms with E-state index in [9.17, 15) is 4.79 Å². The van der Waals surface area contributed by atoms with Gasteiger partial charge in [-0.2, -0.15) is 0 Å². The maximum atomic E-state index is 11.9. The van der Waals surface area contributed by atoms with Crippen LogP contribution in [0.3, 0.4) is 0 Å². The van der Waals surface area contributed by atoms with Crippen molar-refractivity contribution < 1.29 is 9.53 Å². The monoisotopic (exact) mass is 262 g/mol. The number of benzene rings is 1. The summed E-state index contributed by atoms with van der Waals surface area (Å²) in [5.41, 5.74) is 2.36. The largest absolute Gasteiger partial charge is 0.496 e. The molecular formula is C15H22N2O2. The summed E-state index contributed by atoms with van der Waals surface area (Å²) in [7, 11) is 5.35. The summed E-state index contributed by atoms with van der Waals surface area (Å²) < 4.78 is 5.45. The number of urea groups is 1. The lowest BCUT2D eigenvalue weighted by molar-refractivity contribution is 0.201. The van der Waals surface area contributed by atoms with Crippen LogP contribution in [0, 0.1) is 0 Å². The number of carbonyl (C=O) groups is 1. The number of ether oxygens (including phenoxy) is 1. The predicted molar refractivity (Wildman–Crippen MR) is 75.6 cm³/mol. The minimum Gasteiger partial charge on any atom is -0.496 e. The van der Waals surface area contributed by atoms with Gasteiger partial charge in [-0.3, -0.25) is 0 Å². The van der Waals surface area contributed by atoms with Crippen LogP contribution in [0.1, 0.15) is 36.9 Å². The SMILES string of the molecule is COc1ccc(C(C)C)cc1C1CN(C)C(=O)N1C. The van der Waals surface area contributed by atoms with Crippen molar-refractivity contribution in [1.29, 1.82) is 0 Å². The van der Waals surface area contributed by atoms with E-state index in [4.69, 9.17) is 4.74 Å². The summed E-state index contributed by atoms with van der Waals surface area (Å²) in [4.78, 5) is 15.4. The number of rotatable bonds is 3. The van der Waals surface area contributed by atoms with E-state index in [2.05, 4.69) is 26.0 Å². The molecule has 19 heavy (non-hydrogen) atoms. The maximum absolute atomic E-state index is 11.9. The summed E-state index contributed by atoms with van der Waals surface area (Å²) >= 11 is 0. The van der Waals surface area contributed by atoms with E-state index >= 15 is 0 Å². The lowest BCUT2D eigenvalue weighted by Crippen LogP contribution is -2.26. The van der Waals surface area contributed by atoms with Gasteiger partial charge in [0.1, 0.15) is 5.75 Å². The van der Waals surface area contributed by atoms with Gasteiger partial charge in [-0.05, 0) is 23.6 Å². The Morgan fingerprint density at radius 2 is 2.00 bits per heavy atom. The van der Waals surface area contributed by atoms with Crippen molar-refractivity contribution >= 4 is 6.03 Å². The molecule has 1 heterocycles. The highest BCUT2D eigenvalue weighted by atomic mass is 16.5. The zero-order valence-electron chi connectivity index (χ0n) is 12.3. The summed E-state index contributed by atoms with van der Waals surface area (Å²) in [6.07, 6.45) is 0. The van der Waals surface area contributed by atoms with E-state index in [0.29, 0.717) is 12.5 Å². The Morgan fingerprint density at radius 1 is 1.32 bits per heavy atom. The Labute approximate surface area is 115 Å². The summed E-state index contributed by atoms with van der Waals surface area (Å²) in [5.74, 6) is 1.31. The van der Waals surface area contributed by atoms with E-state index in [1.165, 1.54) is 5.56 Å². The molecule has 0 radical (unpaired) electrons. The zero-order valence-corrected chi connectivity index (χ0v) is 12.3. The van der Waals surface area contributed by atoms with Crippen molar-refractivity contribution in [1.82, 2.24) is 9.80 Å². The van der Waals surface area contributed by atoms with Crippen molar-refractivity contribution in [2.24, 2.45) is 0 Å². The van der Waals surface area contributed by atoms with Crippen LogP contribution in [-0.2, 0) is 0 Å². The van der Waals surface area contributed by atoms with Gasteiger partial charge in [0.2, 0.25) is 0 Å². The number of nitrogens with zero attached hydrogens (tertiary/aromatic N) is 2. The van der Waals surface area contributed by atoms with Crippen molar-refractivity contribution in [3.63, 3.8) is 0 Å².